The summed E-state index contributed by atoms with van der Waals surface area (Å²) in [6.45, 7) is 0. The van der Waals surface area contributed by atoms with E-state index in [0.29, 0.717) is 0 Å². The highest BCUT2D eigenvalue weighted by molar-refractivity contribution is 7.87. The predicted octanol–water partition coefficient (Wildman–Crippen LogP) is 3.63. The fraction of sp³-hybridized carbons (Fsp3) is 0.385. The Morgan fingerprint density at radius 2 is 1.47 bits per heavy atom. The van der Waals surface area contributed by atoms with Gasteiger partial charge in [-0.25, -0.2) is 4.74 Å². The molecule has 0 saturated heterocycles. The van der Waals surface area contributed by atoms with Crippen molar-refractivity contribution in [1.82, 2.24) is 0 Å². The summed E-state index contributed by atoms with van der Waals surface area (Å²) < 4.78 is 146. The van der Waals surface area contributed by atoms with Gasteiger partial charge < -0.3 is 4.74 Å². The molecule has 0 unspecified atom stereocenters. The molecule has 17 heteroatoms. The van der Waals surface area contributed by atoms with Gasteiger partial charge in [0.25, 0.3) is 0 Å². The van der Waals surface area contributed by atoms with E-state index in [1.165, 1.54) is 19.2 Å². The molecule has 0 aliphatic carbocycles. The smallest absolute Gasteiger partial charge is 0.483 e. The topological polar surface area (TPSA) is 98.0 Å². The third kappa shape index (κ3) is 5.05. The van der Waals surface area contributed by atoms with E-state index >= 15 is 0 Å². The second-order valence-corrected chi connectivity index (χ2v) is 6.53. The highest BCUT2D eigenvalue weighted by Crippen LogP contribution is 2.47. The third-order valence-electron chi connectivity index (χ3n) is 2.94. The Kier molecular flexibility index (Phi) is 6.90. The zero-order valence-electron chi connectivity index (χ0n) is 14.1. The Balaban J connectivity index is 3.21. The molecule has 0 heterocycles. The number of oxime groups is 1. The molecular formula is C13H7F9N2O5S. The van der Waals surface area contributed by atoms with Crippen molar-refractivity contribution in [3.05, 3.63) is 29.8 Å². The maximum absolute atomic E-state index is 13.5. The quantitative estimate of drug-likeness (QED) is 0.324. The number of hydrogen-bond acceptors (Lipinski definition) is 7. The molecule has 0 aliphatic rings. The largest absolute Gasteiger partial charge is 0.497 e. The van der Waals surface area contributed by atoms with Crippen LogP contribution in [0.2, 0.25) is 0 Å². The fourth-order valence-corrected chi connectivity index (χ4v) is 2.04. The first kappa shape index (κ1) is 25.3. The van der Waals surface area contributed by atoms with Crippen LogP contribution in [0.4, 0.5) is 39.5 Å². The van der Waals surface area contributed by atoms with Crippen molar-refractivity contribution < 1.29 is 61.7 Å². The van der Waals surface area contributed by atoms with Gasteiger partial charge in [-0.15, -0.1) is 0 Å². The number of benzene rings is 1. The number of halogens is 9. The molecule has 30 heavy (non-hydrogen) atoms. The molecule has 0 atom stereocenters. The minimum Gasteiger partial charge on any atom is -0.497 e. The molecule has 1 aromatic carbocycles. The lowest BCUT2D eigenvalue weighted by Gasteiger charge is -2.28. The lowest BCUT2D eigenvalue weighted by Crippen LogP contribution is -2.55. The van der Waals surface area contributed by atoms with E-state index in [1.54, 1.807) is 4.74 Å². The van der Waals surface area contributed by atoms with Crippen LogP contribution in [0.25, 0.3) is 0 Å². The van der Waals surface area contributed by atoms with E-state index in [2.05, 4.69) is 9.44 Å². The Hall–Kier alpha value is -2.74. The van der Waals surface area contributed by atoms with Gasteiger partial charge in [-0.2, -0.15) is 53.2 Å². The first-order valence-electron chi connectivity index (χ1n) is 6.88. The zero-order chi connectivity index (χ0) is 23.6. The van der Waals surface area contributed by atoms with Crippen LogP contribution in [-0.4, -0.2) is 44.9 Å². The Morgan fingerprint density at radius 1 is 0.967 bits per heavy atom. The number of nitrogens with zero attached hydrogens (tertiary/aromatic N) is 2. The van der Waals surface area contributed by atoms with E-state index in [4.69, 9.17) is 10.00 Å². The standard InChI is InChI=1S/C13H7F9N2O5S/c1-27-8-4-2-7(3-5-8)9(6-23)24-29-30(25,26)13(21,22)12(19,20)28-11(17,18)10(14,15)16/h2-5H,1H3/b24-9-. The second kappa shape index (κ2) is 8.18. The summed E-state index contributed by atoms with van der Waals surface area (Å²) >= 11 is 0. The van der Waals surface area contributed by atoms with Gasteiger partial charge in [-0.1, -0.05) is 5.16 Å². The summed E-state index contributed by atoms with van der Waals surface area (Å²) in [5.41, 5.74) is -1.36. The fourth-order valence-electron chi connectivity index (χ4n) is 1.44. The van der Waals surface area contributed by atoms with Crippen LogP contribution in [0.15, 0.2) is 29.4 Å². The minimum atomic E-state index is -7.03. The molecule has 0 fully saturated rings. The molecule has 7 nitrogen and oxygen atoms in total. The van der Waals surface area contributed by atoms with Crippen molar-refractivity contribution in [2.75, 3.05) is 7.11 Å². The number of ether oxygens (including phenoxy) is 2. The molecular weight excluding hydrogens is 467 g/mol. The van der Waals surface area contributed by atoms with Crippen molar-refractivity contribution in [2.24, 2.45) is 5.16 Å². The molecule has 0 spiro atoms. The van der Waals surface area contributed by atoms with Crippen LogP contribution >= 0.6 is 0 Å². The number of rotatable bonds is 8. The molecule has 0 N–H and O–H groups in total. The molecule has 0 aliphatic heterocycles. The van der Waals surface area contributed by atoms with Gasteiger partial charge >= 0.3 is 33.8 Å². The lowest BCUT2D eigenvalue weighted by molar-refractivity contribution is -0.476. The van der Waals surface area contributed by atoms with Crippen LogP contribution in [-0.2, 0) is 19.1 Å². The monoisotopic (exact) mass is 474 g/mol. The van der Waals surface area contributed by atoms with Crippen molar-refractivity contribution in [2.45, 2.75) is 23.6 Å². The molecule has 1 rings (SSSR count). The van der Waals surface area contributed by atoms with E-state index in [9.17, 15) is 47.9 Å². The van der Waals surface area contributed by atoms with Crippen LogP contribution in [0, 0.1) is 11.3 Å². The predicted molar refractivity (Wildman–Crippen MR) is 77.1 cm³/mol. The first-order valence-corrected chi connectivity index (χ1v) is 8.28. The lowest BCUT2D eigenvalue weighted by atomic mass is 10.1. The first-order chi connectivity index (χ1) is 13.4. The highest BCUT2D eigenvalue weighted by atomic mass is 32.2. The van der Waals surface area contributed by atoms with Gasteiger partial charge in [0.15, 0.2) is 5.71 Å². The summed E-state index contributed by atoms with van der Waals surface area (Å²) in [7, 11) is -5.79. The normalized spacial score (nSPS) is 14.2. The summed E-state index contributed by atoms with van der Waals surface area (Å²) in [6.07, 6.45) is -20.6. The Bertz CT molecular complexity index is 937. The maximum atomic E-state index is 13.5. The van der Waals surface area contributed by atoms with Gasteiger partial charge in [0.1, 0.15) is 11.8 Å². The zero-order valence-corrected chi connectivity index (χ0v) is 14.9. The van der Waals surface area contributed by atoms with Gasteiger partial charge in [-0.3, -0.25) is 4.28 Å². The van der Waals surface area contributed by atoms with E-state index < -0.39 is 39.5 Å². The van der Waals surface area contributed by atoms with Crippen LogP contribution in [0.5, 0.6) is 5.75 Å². The van der Waals surface area contributed by atoms with E-state index in [0.717, 1.165) is 18.2 Å². The van der Waals surface area contributed by atoms with Crippen molar-refractivity contribution in [1.29, 1.82) is 5.26 Å². The highest BCUT2D eigenvalue weighted by Gasteiger charge is 2.76. The van der Waals surface area contributed by atoms with Crippen LogP contribution in [0.1, 0.15) is 5.56 Å². The van der Waals surface area contributed by atoms with E-state index in [-0.39, 0.29) is 11.3 Å². The Labute approximate surface area is 161 Å². The van der Waals surface area contributed by atoms with Gasteiger partial charge in [0.2, 0.25) is 0 Å². The molecule has 0 aromatic heterocycles. The number of alkyl halides is 9. The third-order valence-corrected chi connectivity index (χ3v) is 4.07. The van der Waals surface area contributed by atoms with Gasteiger partial charge in [0, 0.05) is 5.56 Å². The SMILES string of the molecule is COc1ccc(/C(C#N)=N\OS(=O)(=O)C(F)(F)C(F)(F)OC(F)(F)C(F)(F)F)cc1. The summed E-state index contributed by atoms with van der Waals surface area (Å²) in [6, 6.07) is 5.61. The summed E-state index contributed by atoms with van der Waals surface area (Å²) in [5, 5.41) is 4.47. The van der Waals surface area contributed by atoms with Crippen LogP contribution < -0.4 is 4.74 Å². The summed E-state index contributed by atoms with van der Waals surface area (Å²) in [5.74, 6) is 0.221. The molecule has 0 amide bonds. The van der Waals surface area contributed by atoms with Gasteiger partial charge in [0.05, 0.1) is 7.11 Å². The molecule has 168 valence electrons. The maximum Gasteiger partial charge on any atom is 0.483 e. The van der Waals surface area contributed by atoms with E-state index in [1.807, 2.05) is 0 Å². The average molecular weight is 474 g/mol. The number of nitriles is 1. The average Bonchev–Trinajstić information content (AvgIpc) is 2.60. The molecule has 1 aromatic rings. The second-order valence-electron chi connectivity index (χ2n) is 4.96. The number of methoxy groups -OCH3 is 1. The van der Waals surface area contributed by atoms with Crippen molar-refractivity contribution in [3.63, 3.8) is 0 Å². The van der Waals surface area contributed by atoms with Crippen LogP contribution in [0.3, 0.4) is 0 Å². The molecule has 0 radical (unpaired) electrons. The van der Waals surface area contributed by atoms with Gasteiger partial charge in [-0.05, 0) is 24.3 Å². The minimum absolute atomic E-state index is 0.221. The molecule has 0 saturated carbocycles. The molecule has 0 bridgehead atoms. The van der Waals surface area contributed by atoms with Crippen molar-refractivity contribution in [3.8, 4) is 11.8 Å². The van der Waals surface area contributed by atoms with Crippen molar-refractivity contribution >= 4 is 15.8 Å². The number of hydrogen-bond donors (Lipinski definition) is 0. The summed E-state index contributed by atoms with van der Waals surface area (Å²) in [4.78, 5) is 0. The Morgan fingerprint density at radius 3 is 1.87 bits per heavy atom.